The highest BCUT2D eigenvalue weighted by atomic mass is 19.1. The van der Waals surface area contributed by atoms with Crippen molar-refractivity contribution in [2.45, 2.75) is 26.5 Å². The quantitative estimate of drug-likeness (QED) is 0.316. The molecule has 9 nitrogen and oxygen atoms in total. The molecular formula is C28H29FN6O3. The van der Waals surface area contributed by atoms with Gasteiger partial charge in [-0.05, 0) is 67.1 Å². The van der Waals surface area contributed by atoms with Gasteiger partial charge in [-0.1, -0.05) is 24.8 Å². The molecule has 5 rings (SSSR count). The fourth-order valence-electron chi connectivity index (χ4n) is 4.10. The van der Waals surface area contributed by atoms with Gasteiger partial charge in [-0.3, -0.25) is 9.48 Å². The number of fused-ring (bicyclic) bond motifs is 1. The molecule has 0 fully saturated rings. The average molecular weight is 517 g/mol. The molecule has 0 spiro atoms. The number of halogens is 1. The molecule has 0 radical (unpaired) electrons. The van der Waals surface area contributed by atoms with Crippen LogP contribution in [0.25, 0.3) is 16.6 Å². The molecule has 38 heavy (non-hydrogen) atoms. The number of methoxy groups -OCH3 is 1. The van der Waals surface area contributed by atoms with Crippen molar-refractivity contribution in [3.05, 3.63) is 96.2 Å². The first kappa shape index (κ1) is 26.3. The lowest BCUT2D eigenvalue weighted by Gasteiger charge is -2.26. The molecule has 2 heterocycles. The van der Waals surface area contributed by atoms with E-state index in [0.29, 0.717) is 11.5 Å². The van der Waals surface area contributed by atoms with E-state index in [9.17, 15) is 9.18 Å². The third-order valence-electron chi connectivity index (χ3n) is 5.94. The lowest BCUT2D eigenvalue weighted by Crippen LogP contribution is -2.39. The normalized spacial score (nSPS) is 12.4. The summed E-state index contributed by atoms with van der Waals surface area (Å²) in [6, 6.07) is 18.8. The van der Waals surface area contributed by atoms with E-state index >= 15 is 0 Å². The second-order valence-corrected chi connectivity index (χ2v) is 8.61. The molecule has 1 N–H and O–H groups in total. The Balaban J connectivity index is 0.00000336. The van der Waals surface area contributed by atoms with Gasteiger partial charge in [-0.15, -0.1) is 5.10 Å². The summed E-state index contributed by atoms with van der Waals surface area (Å²) in [5.74, 6) is 0.613. The van der Waals surface area contributed by atoms with E-state index in [1.54, 1.807) is 43.4 Å². The van der Waals surface area contributed by atoms with Crippen molar-refractivity contribution in [1.82, 2.24) is 30.1 Å². The van der Waals surface area contributed by atoms with Crippen LogP contribution in [0.15, 0.2) is 79.1 Å². The summed E-state index contributed by atoms with van der Waals surface area (Å²) in [5, 5.41) is 16.0. The first-order chi connectivity index (χ1) is 17.9. The van der Waals surface area contributed by atoms with Crippen molar-refractivity contribution in [3.8, 4) is 17.2 Å². The van der Waals surface area contributed by atoms with Crippen molar-refractivity contribution in [1.29, 1.82) is 0 Å². The number of hydrogen-bond acceptors (Lipinski definition) is 6. The Kier molecular flexibility index (Phi) is 7.71. The van der Waals surface area contributed by atoms with Crippen LogP contribution in [-0.2, 0) is 7.05 Å². The molecule has 3 aromatic carbocycles. The van der Waals surface area contributed by atoms with Crippen LogP contribution in [0.4, 0.5) is 4.39 Å². The minimum atomic E-state index is -0.541. The van der Waals surface area contributed by atoms with Crippen LogP contribution in [0.2, 0.25) is 0 Å². The van der Waals surface area contributed by atoms with Crippen LogP contribution in [0.3, 0.4) is 0 Å². The second kappa shape index (κ2) is 11.1. The van der Waals surface area contributed by atoms with Gasteiger partial charge >= 0.3 is 0 Å². The smallest absolute Gasteiger partial charge is 0.273 e. The standard InChI is InChI=1S/C27H25FN6O3.CH4/c1-17(30-27(35)24-16-33(2)32-31-24)26(18-5-4-6-22(13-18)36-3)37-23-11-12-25-19(14-23)15-29-34(25)21-9-7-20(28)8-10-21;/h4-17,26H,1-3H3,(H,30,35);1H4/t17-,26-;/m0./s1. The molecular weight excluding hydrogens is 487 g/mol. The van der Waals surface area contributed by atoms with Gasteiger partial charge in [0.2, 0.25) is 0 Å². The zero-order chi connectivity index (χ0) is 25.9. The van der Waals surface area contributed by atoms with Gasteiger partial charge in [0.15, 0.2) is 5.69 Å². The van der Waals surface area contributed by atoms with Gasteiger partial charge in [0, 0.05) is 12.4 Å². The number of aryl methyl sites for hydroxylation is 1. The summed E-state index contributed by atoms with van der Waals surface area (Å²) in [6.45, 7) is 1.86. The van der Waals surface area contributed by atoms with Crippen LogP contribution in [0.5, 0.6) is 11.5 Å². The van der Waals surface area contributed by atoms with Crippen LogP contribution < -0.4 is 14.8 Å². The number of benzene rings is 3. The number of rotatable bonds is 8. The van der Waals surface area contributed by atoms with E-state index in [0.717, 1.165) is 22.2 Å². The predicted octanol–water partition coefficient (Wildman–Crippen LogP) is 4.88. The first-order valence-electron chi connectivity index (χ1n) is 11.6. The Hall–Kier alpha value is -4.73. The monoisotopic (exact) mass is 516 g/mol. The molecule has 0 saturated heterocycles. The highest BCUT2D eigenvalue weighted by Crippen LogP contribution is 2.30. The summed E-state index contributed by atoms with van der Waals surface area (Å²) in [5.41, 5.74) is 2.64. The Morgan fingerprint density at radius 2 is 1.84 bits per heavy atom. The summed E-state index contributed by atoms with van der Waals surface area (Å²) in [4.78, 5) is 12.8. The Bertz CT molecular complexity index is 1550. The second-order valence-electron chi connectivity index (χ2n) is 8.61. The van der Waals surface area contributed by atoms with E-state index in [2.05, 4.69) is 20.7 Å². The van der Waals surface area contributed by atoms with Gasteiger partial charge in [0.25, 0.3) is 5.91 Å². The number of carbonyl (C=O) groups excluding carboxylic acids is 1. The van der Waals surface area contributed by atoms with E-state index < -0.39 is 12.1 Å². The molecule has 196 valence electrons. The van der Waals surface area contributed by atoms with Gasteiger partial charge in [0.1, 0.15) is 23.4 Å². The first-order valence-corrected chi connectivity index (χ1v) is 11.6. The minimum Gasteiger partial charge on any atom is -0.497 e. The molecule has 0 bridgehead atoms. The Morgan fingerprint density at radius 1 is 1.05 bits per heavy atom. The fourth-order valence-corrected chi connectivity index (χ4v) is 4.10. The zero-order valence-corrected chi connectivity index (χ0v) is 20.5. The van der Waals surface area contributed by atoms with Gasteiger partial charge in [-0.25, -0.2) is 9.07 Å². The summed E-state index contributed by atoms with van der Waals surface area (Å²) in [7, 11) is 3.30. The number of nitrogens with one attached hydrogen (secondary N) is 1. The molecule has 0 aliphatic heterocycles. The lowest BCUT2D eigenvalue weighted by molar-refractivity contribution is 0.0876. The molecule has 2 aromatic heterocycles. The van der Waals surface area contributed by atoms with Crippen molar-refractivity contribution < 1.29 is 18.7 Å². The van der Waals surface area contributed by atoms with Gasteiger partial charge in [0.05, 0.1) is 36.7 Å². The molecule has 10 heteroatoms. The lowest BCUT2D eigenvalue weighted by atomic mass is 10.0. The molecule has 0 aliphatic rings. The number of amides is 1. The molecule has 1 amide bonds. The SMILES string of the molecule is C.COc1cccc([C@@H](Oc2ccc3c(cnn3-c3ccc(F)cc3)c2)[C@H](C)NC(=O)c2cn(C)nn2)c1. The van der Waals surface area contributed by atoms with Crippen LogP contribution in [0.1, 0.15) is 36.5 Å². The molecule has 5 aromatic rings. The fraction of sp³-hybridized carbons (Fsp3) is 0.214. The summed E-state index contributed by atoms with van der Waals surface area (Å²) >= 11 is 0. The number of aromatic nitrogens is 5. The number of carbonyl (C=O) groups is 1. The molecule has 0 aliphatic carbocycles. The Labute approximate surface area is 219 Å². The summed E-state index contributed by atoms with van der Waals surface area (Å²) < 4.78 is 28.4. The Morgan fingerprint density at radius 3 is 2.55 bits per heavy atom. The van der Waals surface area contributed by atoms with Crippen LogP contribution >= 0.6 is 0 Å². The van der Waals surface area contributed by atoms with Gasteiger partial charge in [-0.2, -0.15) is 5.10 Å². The number of ether oxygens (including phenoxy) is 2. The maximum atomic E-state index is 13.4. The van der Waals surface area contributed by atoms with Crippen molar-refractivity contribution in [2.24, 2.45) is 7.05 Å². The van der Waals surface area contributed by atoms with E-state index in [-0.39, 0.29) is 24.8 Å². The van der Waals surface area contributed by atoms with Gasteiger partial charge < -0.3 is 14.8 Å². The zero-order valence-electron chi connectivity index (χ0n) is 20.5. The maximum Gasteiger partial charge on any atom is 0.273 e. The molecule has 0 unspecified atom stereocenters. The predicted molar refractivity (Wildman–Crippen MR) is 142 cm³/mol. The van der Waals surface area contributed by atoms with E-state index in [4.69, 9.17) is 9.47 Å². The van der Waals surface area contributed by atoms with Crippen LogP contribution in [-0.4, -0.2) is 43.8 Å². The number of hydrogen-bond donors (Lipinski definition) is 1. The van der Waals surface area contributed by atoms with Crippen molar-refractivity contribution in [3.63, 3.8) is 0 Å². The molecule has 2 atom stereocenters. The largest absolute Gasteiger partial charge is 0.497 e. The maximum absolute atomic E-state index is 13.4. The van der Waals surface area contributed by atoms with Crippen molar-refractivity contribution in [2.75, 3.05) is 7.11 Å². The summed E-state index contributed by atoms with van der Waals surface area (Å²) in [6.07, 6.45) is 2.74. The van der Waals surface area contributed by atoms with E-state index in [1.165, 1.54) is 16.8 Å². The topological polar surface area (TPSA) is 96.1 Å². The molecule has 0 saturated carbocycles. The van der Waals surface area contributed by atoms with E-state index in [1.807, 2.05) is 49.4 Å². The van der Waals surface area contributed by atoms with Crippen molar-refractivity contribution >= 4 is 16.8 Å². The third-order valence-corrected chi connectivity index (χ3v) is 5.94. The van der Waals surface area contributed by atoms with Crippen LogP contribution in [0, 0.1) is 5.82 Å². The third kappa shape index (κ3) is 5.49. The highest BCUT2D eigenvalue weighted by Gasteiger charge is 2.25. The average Bonchev–Trinajstić information content (AvgIpc) is 3.54. The minimum absolute atomic E-state index is 0. The highest BCUT2D eigenvalue weighted by molar-refractivity contribution is 5.92. The number of nitrogens with zero attached hydrogens (tertiary/aromatic N) is 5.